The molecule has 4 nitrogen and oxygen atoms in total. The molecule has 1 amide bonds. The number of pyridine rings is 1. The summed E-state index contributed by atoms with van der Waals surface area (Å²) in [4.78, 5) is 20.6. The number of carbonyl (C=O) groups excluding carboxylic acids is 1. The quantitative estimate of drug-likeness (QED) is 0.207. The highest BCUT2D eigenvalue weighted by atomic mass is 32.2. The highest BCUT2D eigenvalue weighted by Gasteiger charge is 2.27. The molecule has 5 aromatic rings. The molecule has 0 saturated carbocycles. The molecule has 0 N–H and O–H groups in total. The van der Waals surface area contributed by atoms with Gasteiger partial charge in [-0.15, -0.1) is 0 Å². The van der Waals surface area contributed by atoms with Crippen LogP contribution in [0.15, 0.2) is 132 Å². The minimum atomic E-state index is -0.510. The van der Waals surface area contributed by atoms with Gasteiger partial charge in [-0.2, -0.15) is 5.26 Å². The summed E-state index contributed by atoms with van der Waals surface area (Å²) < 4.78 is 0. The van der Waals surface area contributed by atoms with Crippen LogP contribution in [0.3, 0.4) is 0 Å². The Morgan fingerprint density at radius 2 is 1.24 bits per heavy atom. The Labute approximate surface area is 227 Å². The number of aromatic nitrogens is 1. The molecular formula is C33H25N3OS. The summed E-state index contributed by atoms with van der Waals surface area (Å²) in [6.07, 6.45) is 0. The predicted molar refractivity (Wildman–Crippen MR) is 155 cm³/mol. The highest BCUT2D eigenvalue weighted by Crippen LogP contribution is 2.37. The maximum absolute atomic E-state index is 14.0. The van der Waals surface area contributed by atoms with Crippen molar-refractivity contribution in [3.05, 3.63) is 133 Å². The number of hydrogen-bond donors (Lipinski definition) is 0. The van der Waals surface area contributed by atoms with Gasteiger partial charge in [0.05, 0.1) is 16.5 Å². The SMILES string of the molecule is CC(Sc1nc(-c2ccccc2)cc(-c2ccccc2)c1C#N)C(=O)N(c1ccccc1)c1ccccc1. The van der Waals surface area contributed by atoms with Gasteiger partial charge >= 0.3 is 0 Å². The molecule has 0 spiro atoms. The minimum absolute atomic E-state index is 0.0931. The van der Waals surface area contributed by atoms with E-state index in [1.165, 1.54) is 11.8 Å². The number of nitrogens with zero attached hydrogens (tertiary/aromatic N) is 3. The van der Waals surface area contributed by atoms with Gasteiger partial charge in [0.2, 0.25) is 5.91 Å². The van der Waals surface area contributed by atoms with E-state index in [2.05, 4.69) is 6.07 Å². The molecule has 4 aromatic carbocycles. The molecule has 0 saturated heterocycles. The molecule has 0 radical (unpaired) electrons. The summed E-state index contributed by atoms with van der Waals surface area (Å²) >= 11 is 1.31. The first-order valence-corrected chi connectivity index (χ1v) is 13.2. The summed E-state index contributed by atoms with van der Waals surface area (Å²) in [5.41, 5.74) is 5.47. The predicted octanol–water partition coefficient (Wildman–Crippen LogP) is 8.13. The van der Waals surface area contributed by atoms with E-state index in [9.17, 15) is 10.1 Å². The van der Waals surface area contributed by atoms with Crippen molar-refractivity contribution in [2.45, 2.75) is 17.2 Å². The molecule has 1 unspecified atom stereocenters. The van der Waals surface area contributed by atoms with Crippen molar-refractivity contribution in [2.75, 3.05) is 4.90 Å². The zero-order chi connectivity index (χ0) is 26.3. The van der Waals surface area contributed by atoms with Crippen molar-refractivity contribution >= 4 is 29.0 Å². The Morgan fingerprint density at radius 3 is 1.74 bits per heavy atom. The van der Waals surface area contributed by atoms with Crippen molar-refractivity contribution < 1.29 is 4.79 Å². The van der Waals surface area contributed by atoms with Crippen molar-refractivity contribution in [2.24, 2.45) is 0 Å². The summed E-state index contributed by atoms with van der Waals surface area (Å²) in [6, 6.07) is 43.3. The van der Waals surface area contributed by atoms with Crippen LogP contribution in [-0.2, 0) is 4.79 Å². The van der Waals surface area contributed by atoms with Crippen molar-refractivity contribution in [1.82, 2.24) is 4.98 Å². The average molecular weight is 512 g/mol. The number of hydrogen-bond acceptors (Lipinski definition) is 4. The van der Waals surface area contributed by atoms with Crippen LogP contribution in [0, 0.1) is 11.3 Å². The zero-order valence-corrected chi connectivity index (χ0v) is 21.7. The summed E-state index contributed by atoms with van der Waals surface area (Å²) in [6.45, 7) is 1.87. The van der Waals surface area contributed by atoms with E-state index < -0.39 is 5.25 Å². The normalized spacial score (nSPS) is 11.4. The van der Waals surface area contributed by atoms with Gasteiger partial charge in [0, 0.05) is 22.5 Å². The van der Waals surface area contributed by atoms with E-state index in [1.807, 2.05) is 134 Å². The van der Waals surface area contributed by atoms with Gasteiger partial charge in [-0.25, -0.2) is 4.98 Å². The van der Waals surface area contributed by atoms with Gasteiger partial charge in [0.25, 0.3) is 0 Å². The van der Waals surface area contributed by atoms with Gasteiger partial charge < -0.3 is 0 Å². The average Bonchev–Trinajstić information content (AvgIpc) is 2.99. The second-order valence-corrected chi connectivity index (χ2v) is 10.0. The molecule has 1 atom stereocenters. The Bertz CT molecular complexity index is 1530. The van der Waals surface area contributed by atoms with Crippen LogP contribution in [-0.4, -0.2) is 16.1 Å². The number of carbonyl (C=O) groups is 1. The summed E-state index contributed by atoms with van der Waals surface area (Å²) in [5, 5.41) is 10.3. The van der Waals surface area contributed by atoms with Gasteiger partial charge in [-0.05, 0) is 42.8 Å². The maximum atomic E-state index is 14.0. The molecular weight excluding hydrogens is 486 g/mol. The lowest BCUT2D eigenvalue weighted by Gasteiger charge is -2.26. The standard InChI is InChI=1S/C33H25N3OS/c1-24(33(37)36(27-18-10-4-11-19-27)28-20-12-5-13-21-28)38-32-30(23-34)29(25-14-6-2-7-15-25)22-31(35-32)26-16-8-3-9-17-26/h2-22,24H,1H3. The number of benzene rings is 4. The molecule has 0 aliphatic carbocycles. The number of anilines is 2. The summed E-state index contributed by atoms with van der Waals surface area (Å²) in [5.74, 6) is -0.0931. The van der Waals surface area contributed by atoms with Crippen LogP contribution < -0.4 is 4.90 Å². The minimum Gasteiger partial charge on any atom is -0.280 e. The summed E-state index contributed by atoms with van der Waals surface area (Å²) in [7, 11) is 0. The number of amides is 1. The van der Waals surface area contributed by atoms with Gasteiger partial charge in [0.1, 0.15) is 11.1 Å². The van der Waals surface area contributed by atoms with Crippen LogP contribution >= 0.6 is 11.8 Å². The molecule has 0 bridgehead atoms. The fourth-order valence-corrected chi connectivity index (χ4v) is 5.24. The molecule has 0 fully saturated rings. The first-order valence-electron chi connectivity index (χ1n) is 12.3. The zero-order valence-electron chi connectivity index (χ0n) is 20.9. The fourth-order valence-electron chi connectivity index (χ4n) is 4.27. The van der Waals surface area contributed by atoms with Crippen LogP contribution in [0.2, 0.25) is 0 Å². The first kappa shape index (κ1) is 25.0. The van der Waals surface area contributed by atoms with E-state index in [4.69, 9.17) is 4.98 Å². The number of rotatable bonds is 7. The molecule has 5 rings (SSSR count). The second-order valence-electron chi connectivity index (χ2n) is 8.68. The lowest BCUT2D eigenvalue weighted by atomic mass is 9.99. The van der Waals surface area contributed by atoms with Gasteiger partial charge in [0.15, 0.2) is 0 Å². The smallest absolute Gasteiger partial charge is 0.244 e. The van der Waals surface area contributed by atoms with Crippen LogP contribution in [0.5, 0.6) is 0 Å². The van der Waals surface area contributed by atoms with Crippen LogP contribution in [0.4, 0.5) is 11.4 Å². The molecule has 1 heterocycles. The lowest BCUT2D eigenvalue weighted by molar-refractivity contribution is -0.117. The fraction of sp³-hybridized carbons (Fsp3) is 0.0606. The second kappa shape index (κ2) is 11.6. The third-order valence-electron chi connectivity index (χ3n) is 6.14. The Morgan fingerprint density at radius 1 is 0.763 bits per heavy atom. The number of thioether (sulfide) groups is 1. The van der Waals surface area contributed by atoms with E-state index in [0.29, 0.717) is 10.6 Å². The molecule has 0 aliphatic rings. The molecule has 38 heavy (non-hydrogen) atoms. The third-order valence-corrected chi connectivity index (χ3v) is 7.21. The first-order chi connectivity index (χ1) is 18.7. The third kappa shape index (κ3) is 5.36. The largest absolute Gasteiger partial charge is 0.280 e. The van der Waals surface area contributed by atoms with E-state index >= 15 is 0 Å². The van der Waals surface area contributed by atoms with E-state index in [-0.39, 0.29) is 5.91 Å². The van der Waals surface area contributed by atoms with Crippen LogP contribution in [0.1, 0.15) is 12.5 Å². The highest BCUT2D eigenvalue weighted by molar-refractivity contribution is 8.00. The molecule has 184 valence electrons. The Balaban J connectivity index is 1.57. The monoisotopic (exact) mass is 511 g/mol. The molecule has 1 aromatic heterocycles. The van der Waals surface area contributed by atoms with Crippen LogP contribution in [0.25, 0.3) is 22.4 Å². The molecule has 0 aliphatic heterocycles. The Hall–Kier alpha value is -4.66. The molecule has 5 heteroatoms. The Kier molecular flexibility index (Phi) is 7.63. The topological polar surface area (TPSA) is 57.0 Å². The van der Waals surface area contributed by atoms with Crippen molar-refractivity contribution in [3.63, 3.8) is 0 Å². The van der Waals surface area contributed by atoms with Gasteiger partial charge in [-0.1, -0.05) is 109 Å². The number of nitriles is 1. The van der Waals surface area contributed by atoms with E-state index in [1.54, 1.807) is 4.90 Å². The number of para-hydroxylation sites is 2. The van der Waals surface area contributed by atoms with Crippen molar-refractivity contribution in [3.8, 4) is 28.5 Å². The van der Waals surface area contributed by atoms with Gasteiger partial charge in [-0.3, -0.25) is 9.69 Å². The maximum Gasteiger partial charge on any atom is 0.244 e. The van der Waals surface area contributed by atoms with E-state index in [0.717, 1.165) is 33.8 Å². The van der Waals surface area contributed by atoms with Crippen molar-refractivity contribution in [1.29, 1.82) is 5.26 Å². The lowest BCUT2D eigenvalue weighted by Crippen LogP contribution is -2.32.